The zero-order valence-electron chi connectivity index (χ0n) is 10.4. The number of nitrogens with two attached hydrogens (primary N) is 1. The van der Waals surface area contributed by atoms with Gasteiger partial charge in [0.25, 0.3) is 0 Å². The van der Waals surface area contributed by atoms with Gasteiger partial charge in [0.05, 0.1) is 6.10 Å². The zero-order valence-corrected chi connectivity index (χ0v) is 10.4. The van der Waals surface area contributed by atoms with Crippen molar-refractivity contribution in [3.8, 4) is 5.75 Å². The topological polar surface area (TPSA) is 55.5 Å². The van der Waals surface area contributed by atoms with Crippen LogP contribution in [0.3, 0.4) is 0 Å². The van der Waals surface area contributed by atoms with Crippen LogP contribution in [0.4, 0.5) is 4.39 Å². The van der Waals surface area contributed by atoms with Crippen LogP contribution in [0.2, 0.25) is 0 Å². The van der Waals surface area contributed by atoms with E-state index in [1.54, 1.807) is 6.07 Å². The number of aliphatic hydroxyl groups is 1. The molecule has 0 saturated carbocycles. The first-order valence-corrected chi connectivity index (χ1v) is 6.05. The molecule has 0 saturated heterocycles. The summed E-state index contributed by atoms with van der Waals surface area (Å²) in [7, 11) is 0. The lowest BCUT2D eigenvalue weighted by molar-refractivity contribution is 0.179. The molecule has 1 atom stereocenters. The largest absolute Gasteiger partial charge is 0.486 e. The van der Waals surface area contributed by atoms with Crippen molar-refractivity contribution < 1.29 is 14.2 Å². The monoisotopic (exact) mass is 261 g/mol. The standard InChI is InChI=1S/C15H16FNO2/c16-15-12(13(18)9-17)7-4-8-14(15)19-10-11-5-2-1-3-6-11/h1-8,13,18H,9-10,17H2/t13-/m0/s1. The fourth-order valence-corrected chi connectivity index (χ4v) is 1.76. The molecule has 19 heavy (non-hydrogen) atoms. The van der Waals surface area contributed by atoms with Crippen molar-refractivity contribution in [2.45, 2.75) is 12.7 Å². The summed E-state index contributed by atoms with van der Waals surface area (Å²) in [6, 6.07) is 14.2. The first-order chi connectivity index (χ1) is 9.22. The summed E-state index contributed by atoms with van der Waals surface area (Å²) in [4.78, 5) is 0. The van der Waals surface area contributed by atoms with Gasteiger partial charge in [0.15, 0.2) is 11.6 Å². The van der Waals surface area contributed by atoms with E-state index in [2.05, 4.69) is 0 Å². The molecule has 0 aliphatic rings. The van der Waals surface area contributed by atoms with Crippen LogP contribution in [0.25, 0.3) is 0 Å². The van der Waals surface area contributed by atoms with Crippen molar-refractivity contribution in [2.24, 2.45) is 5.73 Å². The highest BCUT2D eigenvalue weighted by Gasteiger charge is 2.15. The molecule has 0 spiro atoms. The Kier molecular flexibility index (Phi) is 4.49. The van der Waals surface area contributed by atoms with Crippen LogP contribution in [-0.2, 0) is 6.61 Å². The highest BCUT2D eigenvalue weighted by molar-refractivity contribution is 5.33. The SMILES string of the molecule is NC[C@H](O)c1cccc(OCc2ccccc2)c1F. The minimum absolute atomic E-state index is 0.0287. The number of aliphatic hydroxyl groups excluding tert-OH is 1. The summed E-state index contributed by atoms with van der Waals surface area (Å²) in [6.45, 7) is 0.249. The van der Waals surface area contributed by atoms with E-state index in [9.17, 15) is 9.50 Å². The molecule has 2 aromatic carbocycles. The normalized spacial score (nSPS) is 12.2. The lowest BCUT2D eigenvalue weighted by Crippen LogP contribution is -2.13. The molecule has 2 aromatic rings. The molecule has 4 heteroatoms. The van der Waals surface area contributed by atoms with E-state index in [4.69, 9.17) is 10.5 Å². The van der Waals surface area contributed by atoms with Crippen molar-refractivity contribution in [1.29, 1.82) is 0 Å². The molecule has 0 unspecified atom stereocenters. The van der Waals surface area contributed by atoms with E-state index in [1.165, 1.54) is 12.1 Å². The van der Waals surface area contributed by atoms with Gasteiger partial charge in [0, 0.05) is 12.1 Å². The van der Waals surface area contributed by atoms with E-state index in [1.807, 2.05) is 30.3 Å². The Hall–Kier alpha value is -1.91. The quantitative estimate of drug-likeness (QED) is 0.869. The Labute approximate surface area is 111 Å². The zero-order chi connectivity index (χ0) is 13.7. The van der Waals surface area contributed by atoms with Crippen LogP contribution < -0.4 is 10.5 Å². The minimum atomic E-state index is -1.01. The van der Waals surface area contributed by atoms with Gasteiger partial charge in [-0.1, -0.05) is 42.5 Å². The molecule has 0 radical (unpaired) electrons. The Morgan fingerprint density at radius 1 is 1.11 bits per heavy atom. The molecule has 0 fully saturated rings. The van der Waals surface area contributed by atoms with Crippen LogP contribution in [0, 0.1) is 5.82 Å². The average molecular weight is 261 g/mol. The molecular weight excluding hydrogens is 245 g/mol. The van der Waals surface area contributed by atoms with E-state index < -0.39 is 11.9 Å². The van der Waals surface area contributed by atoms with E-state index in [0.29, 0.717) is 0 Å². The Bertz CT molecular complexity index is 531. The molecule has 0 amide bonds. The molecule has 100 valence electrons. The second kappa shape index (κ2) is 6.31. The maximum Gasteiger partial charge on any atom is 0.170 e. The molecule has 0 aromatic heterocycles. The van der Waals surface area contributed by atoms with E-state index in [0.717, 1.165) is 5.56 Å². The van der Waals surface area contributed by atoms with Crippen molar-refractivity contribution in [1.82, 2.24) is 0 Å². The Balaban J connectivity index is 2.13. The van der Waals surface area contributed by atoms with Gasteiger partial charge in [-0.2, -0.15) is 0 Å². The van der Waals surface area contributed by atoms with Crippen molar-refractivity contribution >= 4 is 0 Å². The second-order valence-corrected chi connectivity index (χ2v) is 4.19. The fraction of sp³-hybridized carbons (Fsp3) is 0.200. The van der Waals surface area contributed by atoms with Crippen LogP contribution in [0.5, 0.6) is 5.75 Å². The molecule has 0 heterocycles. The van der Waals surface area contributed by atoms with Crippen LogP contribution in [-0.4, -0.2) is 11.7 Å². The first-order valence-electron chi connectivity index (χ1n) is 6.05. The third-order valence-electron chi connectivity index (χ3n) is 2.81. The molecule has 0 bridgehead atoms. The number of hydrogen-bond donors (Lipinski definition) is 2. The summed E-state index contributed by atoms with van der Waals surface area (Å²) < 4.78 is 19.5. The fourth-order valence-electron chi connectivity index (χ4n) is 1.76. The van der Waals surface area contributed by atoms with Gasteiger partial charge in [-0.15, -0.1) is 0 Å². The predicted octanol–water partition coefficient (Wildman–Crippen LogP) is 2.40. The third-order valence-corrected chi connectivity index (χ3v) is 2.81. The van der Waals surface area contributed by atoms with Gasteiger partial charge in [0.2, 0.25) is 0 Å². The van der Waals surface area contributed by atoms with Gasteiger partial charge >= 0.3 is 0 Å². The molecular formula is C15H16FNO2. The number of benzene rings is 2. The maximum absolute atomic E-state index is 14.1. The van der Waals surface area contributed by atoms with Gasteiger partial charge in [-0.3, -0.25) is 0 Å². The van der Waals surface area contributed by atoms with E-state index in [-0.39, 0.29) is 24.5 Å². The summed E-state index contributed by atoms with van der Waals surface area (Å²) in [5, 5.41) is 9.60. The number of halogens is 1. The predicted molar refractivity (Wildman–Crippen MR) is 71.2 cm³/mol. The molecule has 0 aliphatic heterocycles. The number of rotatable bonds is 5. The van der Waals surface area contributed by atoms with E-state index >= 15 is 0 Å². The number of hydrogen-bond acceptors (Lipinski definition) is 3. The highest BCUT2D eigenvalue weighted by atomic mass is 19.1. The molecule has 2 rings (SSSR count). The van der Waals surface area contributed by atoms with Crippen molar-refractivity contribution in [2.75, 3.05) is 6.54 Å². The summed E-state index contributed by atoms with van der Waals surface area (Å²) in [5.74, 6) is -0.440. The lowest BCUT2D eigenvalue weighted by atomic mass is 10.1. The van der Waals surface area contributed by atoms with Crippen molar-refractivity contribution in [3.05, 3.63) is 65.5 Å². The molecule has 3 nitrogen and oxygen atoms in total. The minimum Gasteiger partial charge on any atom is -0.486 e. The second-order valence-electron chi connectivity index (χ2n) is 4.19. The number of ether oxygens (including phenoxy) is 1. The van der Waals surface area contributed by atoms with Crippen molar-refractivity contribution in [3.63, 3.8) is 0 Å². The Morgan fingerprint density at radius 2 is 1.84 bits per heavy atom. The van der Waals surface area contributed by atoms with Gasteiger partial charge < -0.3 is 15.6 Å². The van der Waals surface area contributed by atoms with Gasteiger partial charge in [0.1, 0.15) is 6.61 Å². The van der Waals surface area contributed by atoms with Crippen LogP contribution in [0.15, 0.2) is 48.5 Å². The van der Waals surface area contributed by atoms with Gasteiger partial charge in [-0.05, 0) is 11.6 Å². The average Bonchev–Trinajstić information content (AvgIpc) is 2.46. The first kappa shape index (κ1) is 13.5. The molecule has 3 N–H and O–H groups in total. The molecule has 0 aliphatic carbocycles. The van der Waals surface area contributed by atoms with Gasteiger partial charge in [-0.25, -0.2) is 4.39 Å². The smallest absolute Gasteiger partial charge is 0.170 e. The highest BCUT2D eigenvalue weighted by Crippen LogP contribution is 2.25. The van der Waals surface area contributed by atoms with Crippen LogP contribution >= 0.6 is 0 Å². The van der Waals surface area contributed by atoms with Crippen LogP contribution in [0.1, 0.15) is 17.2 Å². The summed E-state index contributed by atoms with van der Waals surface area (Å²) >= 11 is 0. The summed E-state index contributed by atoms with van der Waals surface area (Å²) in [5.41, 5.74) is 6.44. The third kappa shape index (κ3) is 3.30. The Morgan fingerprint density at radius 3 is 2.53 bits per heavy atom. The lowest BCUT2D eigenvalue weighted by Gasteiger charge is -2.13. The summed E-state index contributed by atoms with van der Waals surface area (Å²) in [6.07, 6.45) is -1.01. The maximum atomic E-state index is 14.1.